The first kappa shape index (κ1) is 37.7. The molecule has 2 heterocycles. The summed E-state index contributed by atoms with van der Waals surface area (Å²) in [5.41, 5.74) is 3.86. The van der Waals surface area contributed by atoms with Crippen molar-refractivity contribution in [2.45, 2.75) is 98.8 Å². The predicted octanol–water partition coefficient (Wildman–Crippen LogP) is 9.46. The summed E-state index contributed by atoms with van der Waals surface area (Å²) < 4.78 is 6.62. The van der Waals surface area contributed by atoms with Crippen LogP contribution in [0.25, 0.3) is 17.3 Å². The zero-order chi connectivity index (χ0) is 34.9. The van der Waals surface area contributed by atoms with Crippen LogP contribution in [0.15, 0.2) is 58.8 Å². The number of allylic oxidation sites excluding steroid dienone is 2. The topological polar surface area (TPSA) is 120 Å². The van der Waals surface area contributed by atoms with Gasteiger partial charge in [0, 0.05) is 48.3 Å². The van der Waals surface area contributed by atoms with Gasteiger partial charge in [0.1, 0.15) is 24.0 Å². The average Bonchev–Trinajstić information content (AvgIpc) is 3.68. The van der Waals surface area contributed by atoms with Gasteiger partial charge in [0.25, 0.3) is 5.91 Å². The van der Waals surface area contributed by atoms with Crippen molar-refractivity contribution in [3.8, 4) is 35.2 Å². The maximum absolute atomic E-state index is 13.4. The molecule has 0 radical (unpaired) electrons. The van der Waals surface area contributed by atoms with Crippen LogP contribution in [0.1, 0.15) is 105 Å². The lowest BCUT2D eigenvalue weighted by Crippen LogP contribution is -2.27. The number of benzene rings is 1. The van der Waals surface area contributed by atoms with Crippen LogP contribution in [0.3, 0.4) is 0 Å². The number of carbonyl (C=O) groups excluding carboxylic acids is 1. The third-order valence-electron chi connectivity index (χ3n) is 8.90. The van der Waals surface area contributed by atoms with E-state index < -0.39 is 0 Å². The molecular formula is C40H52N6O2. The second-order valence-corrected chi connectivity index (χ2v) is 12.4. The summed E-state index contributed by atoms with van der Waals surface area (Å²) in [7, 11) is 0. The van der Waals surface area contributed by atoms with Gasteiger partial charge in [0.15, 0.2) is 5.57 Å². The molecule has 8 nitrogen and oxygen atoms in total. The van der Waals surface area contributed by atoms with Gasteiger partial charge in [-0.05, 0) is 68.0 Å². The van der Waals surface area contributed by atoms with Crippen LogP contribution in [0, 0.1) is 39.9 Å². The molecule has 8 heteroatoms. The van der Waals surface area contributed by atoms with E-state index in [0.717, 1.165) is 80.7 Å². The summed E-state index contributed by atoms with van der Waals surface area (Å²) in [4.78, 5) is 20.8. The Bertz CT molecular complexity index is 1570. The monoisotopic (exact) mass is 648 g/mol. The van der Waals surface area contributed by atoms with Crippen molar-refractivity contribution in [3.05, 3.63) is 64.5 Å². The molecule has 0 saturated heterocycles. The Kier molecular flexibility index (Phi) is 15.6. The molecule has 1 aliphatic heterocycles. The quantitative estimate of drug-likeness (QED) is 0.143. The van der Waals surface area contributed by atoms with E-state index in [1.54, 1.807) is 12.2 Å². The van der Waals surface area contributed by atoms with E-state index in [2.05, 4.69) is 61.8 Å². The Hall–Kier alpha value is -4.74. The molecule has 3 rings (SSSR count). The summed E-state index contributed by atoms with van der Waals surface area (Å²) in [5.74, 6) is 0.960. The molecular weight excluding hydrogens is 596 g/mol. The second-order valence-electron chi connectivity index (χ2n) is 12.4. The fraction of sp³-hybridized carbons (Fsp3) is 0.500. The van der Waals surface area contributed by atoms with Gasteiger partial charge in [-0.2, -0.15) is 15.8 Å². The Morgan fingerprint density at radius 3 is 2.21 bits per heavy atom. The van der Waals surface area contributed by atoms with Crippen molar-refractivity contribution < 1.29 is 9.53 Å². The van der Waals surface area contributed by atoms with Gasteiger partial charge in [-0.25, -0.2) is 0 Å². The fourth-order valence-corrected chi connectivity index (χ4v) is 5.87. The van der Waals surface area contributed by atoms with Crippen molar-refractivity contribution in [1.82, 2.24) is 9.88 Å². The van der Waals surface area contributed by atoms with E-state index in [4.69, 9.17) is 4.74 Å². The normalized spacial score (nSPS) is 13.5. The number of ether oxygens (including phenoxy) is 1. The van der Waals surface area contributed by atoms with Gasteiger partial charge in [0.05, 0.1) is 23.5 Å². The third kappa shape index (κ3) is 9.65. The molecule has 2 aromatic rings. The van der Waals surface area contributed by atoms with Crippen LogP contribution in [0.2, 0.25) is 0 Å². The number of aromatic nitrogens is 1. The van der Waals surface area contributed by atoms with E-state index in [1.165, 1.54) is 23.4 Å². The number of amides is 1. The summed E-state index contributed by atoms with van der Waals surface area (Å²) in [5, 5.41) is 29.1. The van der Waals surface area contributed by atoms with Gasteiger partial charge < -0.3 is 19.5 Å². The number of unbranched alkanes of at least 4 members (excludes halogenated alkanes) is 4. The number of nitrogens with one attached hydrogen (secondary N) is 1. The van der Waals surface area contributed by atoms with Crippen molar-refractivity contribution >= 4 is 17.7 Å². The maximum Gasteiger partial charge on any atom is 0.259 e. The highest BCUT2D eigenvalue weighted by Crippen LogP contribution is 2.36. The molecule has 0 saturated carbocycles. The Morgan fingerprint density at radius 2 is 1.60 bits per heavy atom. The summed E-state index contributed by atoms with van der Waals surface area (Å²) in [6.45, 7) is 13.9. The summed E-state index contributed by atoms with van der Waals surface area (Å²) >= 11 is 0. The largest absolute Gasteiger partial charge is 0.493 e. The van der Waals surface area contributed by atoms with Crippen LogP contribution in [0.4, 0.5) is 5.69 Å². The highest BCUT2D eigenvalue weighted by atomic mass is 16.5. The molecule has 1 atom stereocenters. The molecule has 0 aliphatic carbocycles. The number of hydrogen-bond acceptors (Lipinski definition) is 6. The molecule has 1 amide bonds. The second kappa shape index (κ2) is 19.8. The van der Waals surface area contributed by atoms with E-state index in [0.29, 0.717) is 25.5 Å². The summed E-state index contributed by atoms with van der Waals surface area (Å²) in [6, 6.07) is 16.2. The van der Waals surface area contributed by atoms with Crippen molar-refractivity contribution in [2.75, 3.05) is 31.1 Å². The smallest absolute Gasteiger partial charge is 0.259 e. The van der Waals surface area contributed by atoms with Gasteiger partial charge >= 0.3 is 0 Å². The molecule has 1 N–H and O–H groups in total. The highest BCUT2D eigenvalue weighted by Gasteiger charge is 2.36. The summed E-state index contributed by atoms with van der Waals surface area (Å²) in [6.07, 6.45) is 14.0. The van der Waals surface area contributed by atoms with Crippen LogP contribution >= 0.6 is 0 Å². The first-order valence-electron chi connectivity index (χ1n) is 17.8. The average molecular weight is 649 g/mol. The van der Waals surface area contributed by atoms with Crippen molar-refractivity contribution in [3.63, 3.8) is 0 Å². The minimum Gasteiger partial charge on any atom is -0.493 e. The van der Waals surface area contributed by atoms with E-state index in [1.807, 2.05) is 31.2 Å². The zero-order valence-electron chi connectivity index (χ0n) is 29.6. The molecule has 0 fully saturated rings. The van der Waals surface area contributed by atoms with Crippen LogP contribution in [0.5, 0.6) is 5.75 Å². The standard InChI is InChI=1S/C40H52N6O2/c1-6-11-15-30(10-5)29-48-38-25-33(45(22-12-7-2)23-13-8-3)18-20-35(38)37-21-17-32(44-37)16-19-34-36(28-43)39(31(26-41)27-42)46(40(34)47)24-14-9-4/h16-21,25,30,44H,6-15,22-24,29H2,1-5H3/b19-16+. The number of nitrogens with zero attached hydrogens (tertiary/aromatic N) is 5. The fourth-order valence-electron chi connectivity index (χ4n) is 5.87. The van der Waals surface area contributed by atoms with Gasteiger partial charge in [-0.15, -0.1) is 0 Å². The molecule has 1 aliphatic rings. The lowest BCUT2D eigenvalue weighted by molar-refractivity contribution is -0.124. The molecule has 1 unspecified atom stereocenters. The number of nitriles is 3. The number of aromatic amines is 1. The number of anilines is 1. The van der Waals surface area contributed by atoms with Gasteiger partial charge in [0.2, 0.25) is 0 Å². The molecule has 1 aromatic carbocycles. The van der Waals surface area contributed by atoms with Crippen molar-refractivity contribution in [1.29, 1.82) is 15.8 Å². The van der Waals surface area contributed by atoms with Crippen LogP contribution < -0.4 is 9.64 Å². The van der Waals surface area contributed by atoms with E-state index in [-0.39, 0.29) is 28.3 Å². The number of carbonyl (C=O) groups is 1. The first-order valence-corrected chi connectivity index (χ1v) is 17.8. The van der Waals surface area contributed by atoms with Gasteiger partial charge in [-0.1, -0.05) is 73.1 Å². The van der Waals surface area contributed by atoms with Crippen LogP contribution in [-0.4, -0.2) is 42.0 Å². The number of H-pyrrole nitrogens is 1. The number of hydrogen-bond donors (Lipinski definition) is 1. The highest BCUT2D eigenvalue weighted by molar-refractivity contribution is 6.05. The third-order valence-corrected chi connectivity index (χ3v) is 8.90. The minimum absolute atomic E-state index is 0.0489. The molecule has 1 aromatic heterocycles. The lowest BCUT2D eigenvalue weighted by Gasteiger charge is -2.26. The Morgan fingerprint density at radius 1 is 0.917 bits per heavy atom. The Balaban J connectivity index is 2.00. The minimum atomic E-state index is -0.378. The molecule has 254 valence electrons. The lowest BCUT2D eigenvalue weighted by atomic mass is 10.0. The SMILES string of the molecule is CCCCC(CC)COc1cc(N(CCCC)CCCC)ccc1-c1ccc(/C=C/C2=C(C#N)C(=C(C#N)C#N)N(CCCC)C2=O)[nH]1. The van der Waals surface area contributed by atoms with E-state index >= 15 is 0 Å². The molecule has 48 heavy (non-hydrogen) atoms. The first-order chi connectivity index (χ1) is 23.4. The number of rotatable bonds is 20. The predicted molar refractivity (Wildman–Crippen MR) is 194 cm³/mol. The molecule has 0 bridgehead atoms. The molecule has 0 spiro atoms. The van der Waals surface area contributed by atoms with E-state index in [9.17, 15) is 20.6 Å². The van der Waals surface area contributed by atoms with Crippen LogP contribution in [-0.2, 0) is 4.79 Å². The van der Waals surface area contributed by atoms with Crippen molar-refractivity contribution in [2.24, 2.45) is 5.92 Å². The Labute approximate surface area is 288 Å². The maximum atomic E-state index is 13.4. The zero-order valence-corrected chi connectivity index (χ0v) is 29.6. The van der Waals surface area contributed by atoms with Gasteiger partial charge in [-0.3, -0.25) is 4.79 Å².